The monoisotopic (exact) mass is 282 g/mol. The molecule has 1 saturated heterocycles. The van der Waals surface area contributed by atoms with Gasteiger partial charge in [-0.1, -0.05) is 6.92 Å². The van der Waals surface area contributed by atoms with E-state index in [-0.39, 0.29) is 17.9 Å². The molecule has 2 unspecified atom stereocenters. The van der Waals surface area contributed by atoms with Crippen molar-refractivity contribution in [2.45, 2.75) is 57.5 Å². The number of nitrogens with zero attached hydrogens (tertiary/aromatic N) is 1. The molecule has 2 rings (SSSR count). The van der Waals surface area contributed by atoms with Gasteiger partial charge in [0.05, 0.1) is 0 Å². The summed E-state index contributed by atoms with van der Waals surface area (Å²) in [6, 6.07) is -0.308. The van der Waals surface area contributed by atoms with Crippen LogP contribution in [0.15, 0.2) is 0 Å². The first-order valence-electron chi connectivity index (χ1n) is 7.66. The van der Waals surface area contributed by atoms with Crippen molar-refractivity contribution in [3.63, 3.8) is 0 Å². The lowest BCUT2D eigenvalue weighted by Crippen LogP contribution is -2.70. The molecule has 0 aromatic carbocycles. The number of amides is 2. The first kappa shape index (κ1) is 15.3. The summed E-state index contributed by atoms with van der Waals surface area (Å²) in [7, 11) is 1.68. The molecule has 0 bridgehead atoms. The van der Waals surface area contributed by atoms with Crippen LogP contribution in [0.3, 0.4) is 0 Å². The number of hydrogen-bond acceptors (Lipinski definition) is 3. The fourth-order valence-electron chi connectivity index (χ4n) is 3.10. The van der Waals surface area contributed by atoms with Gasteiger partial charge in [-0.25, -0.2) is 0 Å². The third-order valence-electron chi connectivity index (χ3n) is 4.54. The Labute approximate surface area is 121 Å². The highest BCUT2D eigenvalue weighted by Crippen LogP contribution is 2.42. The molecule has 2 aliphatic rings. The number of piperazine rings is 1. The van der Waals surface area contributed by atoms with Gasteiger partial charge in [0.1, 0.15) is 11.6 Å². The van der Waals surface area contributed by atoms with Gasteiger partial charge in [-0.15, -0.1) is 0 Å². The quantitative estimate of drug-likeness (QED) is 0.716. The lowest BCUT2D eigenvalue weighted by Gasteiger charge is -2.44. The van der Waals surface area contributed by atoms with Crippen molar-refractivity contribution in [2.75, 3.05) is 20.3 Å². The van der Waals surface area contributed by atoms with E-state index in [9.17, 15) is 9.59 Å². The van der Waals surface area contributed by atoms with E-state index in [4.69, 9.17) is 4.74 Å². The molecule has 2 amide bonds. The maximum absolute atomic E-state index is 12.8. The van der Waals surface area contributed by atoms with Gasteiger partial charge >= 0.3 is 0 Å². The largest absolute Gasteiger partial charge is 0.385 e. The van der Waals surface area contributed by atoms with Crippen LogP contribution in [0.25, 0.3) is 0 Å². The Bertz CT molecular complexity index is 381. The zero-order valence-electron chi connectivity index (χ0n) is 12.8. The third-order valence-corrected chi connectivity index (χ3v) is 4.54. The highest BCUT2D eigenvalue weighted by molar-refractivity contribution is 6.00. The van der Waals surface area contributed by atoms with Gasteiger partial charge in [-0.3, -0.25) is 9.59 Å². The SMILES string of the molecule is CCC1C(=O)NC(C)(C2CC2)C(=O)N1CCCCOC. The molecule has 1 heterocycles. The van der Waals surface area contributed by atoms with E-state index in [1.54, 1.807) is 12.0 Å². The Morgan fingerprint density at radius 2 is 2.05 bits per heavy atom. The van der Waals surface area contributed by atoms with Crippen LogP contribution in [0.2, 0.25) is 0 Å². The van der Waals surface area contributed by atoms with Gasteiger partial charge in [0, 0.05) is 20.3 Å². The molecule has 114 valence electrons. The minimum atomic E-state index is -0.677. The minimum Gasteiger partial charge on any atom is -0.385 e. The fourth-order valence-corrected chi connectivity index (χ4v) is 3.10. The van der Waals surface area contributed by atoms with Crippen LogP contribution in [0.1, 0.15) is 46.0 Å². The maximum Gasteiger partial charge on any atom is 0.249 e. The molecule has 20 heavy (non-hydrogen) atoms. The Balaban J connectivity index is 2.06. The maximum atomic E-state index is 12.8. The summed E-state index contributed by atoms with van der Waals surface area (Å²) >= 11 is 0. The molecule has 2 fully saturated rings. The highest BCUT2D eigenvalue weighted by atomic mass is 16.5. The summed E-state index contributed by atoms with van der Waals surface area (Å²) in [6.45, 7) is 5.19. The first-order chi connectivity index (χ1) is 9.54. The van der Waals surface area contributed by atoms with Crippen LogP contribution < -0.4 is 5.32 Å². The standard InChI is InChI=1S/C15H26N2O3/c1-4-12-13(18)16-15(2,11-7-8-11)14(19)17(12)9-5-6-10-20-3/h11-12H,4-10H2,1-3H3,(H,16,18). The molecule has 0 aromatic rings. The van der Waals surface area contributed by atoms with Crippen molar-refractivity contribution in [1.82, 2.24) is 10.2 Å². The number of carbonyl (C=O) groups is 2. The molecular formula is C15H26N2O3. The van der Waals surface area contributed by atoms with Crippen molar-refractivity contribution in [2.24, 2.45) is 5.92 Å². The average Bonchev–Trinajstić information content (AvgIpc) is 3.24. The number of carbonyl (C=O) groups excluding carboxylic acids is 2. The van der Waals surface area contributed by atoms with E-state index in [2.05, 4.69) is 5.32 Å². The molecule has 2 atom stereocenters. The van der Waals surface area contributed by atoms with E-state index in [0.717, 1.165) is 25.7 Å². The normalized spacial score (nSPS) is 30.6. The predicted octanol–water partition coefficient (Wildman–Crippen LogP) is 1.32. The minimum absolute atomic E-state index is 0.00763. The zero-order chi connectivity index (χ0) is 14.8. The van der Waals surface area contributed by atoms with E-state index in [1.807, 2.05) is 13.8 Å². The number of methoxy groups -OCH3 is 1. The van der Waals surface area contributed by atoms with Gasteiger partial charge < -0.3 is 15.0 Å². The number of nitrogens with one attached hydrogen (secondary N) is 1. The summed E-state index contributed by atoms with van der Waals surface area (Å²) in [4.78, 5) is 26.9. The van der Waals surface area contributed by atoms with Crippen molar-refractivity contribution < 1.29 is 14.3 Å². The van der Waals surface area contributed by atoms with Gasteiger partial charge in [0.2, 0.25) is 11.8 Å². The average molecular weight is 282 g/mol. The summed E-state index contributed by atoms with van der Waals surface area (Å²) < 4.78 is 5.04. The van der Waals surface area contributed by atoms with Gasteiger partial charge in [0.25, 0.3) is 0 Å². The molecule has 5 nitrogen and oxygen atoms in total. The smallest absolute Gasteiger partial charge is 0.249 e. The van der Waals surface area contributed by atoms with Gasteiger partial charge in [-0.2, -0.15) is 0 Å². The predicted molar refractivity (Wildman–Crippen MR) is 76.2 cm³/mol. The van der Waals surface area contributed by atoms with Crippen molar-refractivity contribution in [3.8, 4) is 0 Å². The molecule has 5 heteroatoms. The van der Waals surface area contributed by atoms with E-state index < -0.39 is 5.54 Å². The molecule has 0 radical (unpaired) electrons. The molecule has 0 spiro atoms. The van der Waals surface area contributed by atoms with Crippen LogP contribution in [0.5, 0.6) is 0 Å². The zero-order valence-corrected chi connectivity index (χ0v) is 12.8. The third kappa shape index (κ3) is 2.82. The van der Waals surface area contributed by atoms with Crippen molar-refractivity contribution in [1.29, 1.82) is 0 Å². The van der Waals surface area contributed by atoms with Crippen LogP contribution in [0.4, 0.5) is 0 Å². The lowest BCUT2D eigenvalue weighted by molar-refractivity contribution is -0.155. The van der Waals surface area contributed by atoms with Crippen LogP contribution >= 0.6 is 0 Å². The molecule has 0 aromatic heterocycles. The van der Waals surface area contributed by atoms with E-state index in [1.165, 1.54) is 0 Å². The molecular weight excluding hydrogens is 256 g/mol. The lowest BCUT2D eigenvalue weighted by atomic mass is 9.88. The van der Waals surface area contributed by atoms with Crippen molar-refractivity contribution in [3.05, 3.63) is 0 Å². The Hall–Kier alpha value is -1.10. The van der Waals surface area contributed by atoms with E-state index in [0.29, 0.717) is 25.5 Å². The van der Waals surface area contributed by atoms with Crippen LogP contribution in [-0.2, 0) is 14.3 Å². The van der Waals surface area contributed by atoms with Gasteiger partial charge in [0.15, 0.2) is 0 Å². The number of rotatable bonds is 7. The molecule has 1 N–H and O–H groups in total. The number of unbranched alkanes of at least 4 members (excludes halogenated alkanes) is 1. The topological polar surface area (TPSA) is 58.6 Å². The summed E-state index contributed by atoms with van der Waals surface area (Å²) in [6.07, 6.45) is 4.54. The van der Waals surface area contributed by atoms with E-state index >= 15 is 0 Å². The molecule has 1 saturated carbocycles. The Morgan fingerprint density at radius 1 is 1.35 bits per heavy atom. The fraction of sp³-hybridized carbons (Fsp3) is 0.867. The second kappa shape index (κ2) is 6.12. The first-order valence-corrected chi connectivity index (χ1v) is 7.66. The summed E-state index contributed by atoms with van der Waals surface area (Å²) in [5.41, 5.74) is -0.677. The van der Waals surface area contributed by atoms with Crippen LogP contribution in [-0.4, -0.2) is 48.6 Å². The highest BCUT2D eigenvalue weighted by Gasteiger charge is 2.54. The molecule has 1 aliphatic heterocycles. The molecule has 1 aliphatic carbocycles. The Kier molecular flexibility index (Phi) is 4.68. The second-order valence-corrected chi connectivity index (χ2v) is 6.09. The number of hydrogen-bond donors (Lipinski definition) is 1. The van der Waals surface area contributed by atoms with Crippen LogP contribution in [0, 0.1) is 5.92 Å². The summed E-state index contributed by atoms with van der Waals surface area (Å²) in [5, 5.41) is 2.98. The summed E-state index contributed by atoms with van der Waals surface area (Å²) in [5.74, 6) is 0.426. The Morgan fingerprint density at radius 3 is 2.60 bits per heavy atom. The number of ether oxygens (including phenoxy) is 1. The van der Waals surface area contributed by atoms with Crippen molar-refractivity contribution >= 4 is 11.8 Å². The van der Waals surface area contributed by atoms with Gasteiger partial charge in [-0.05, 0) is 44.9 Å². The second-order valence-electron chi connectivity index (χ2n) is 6.09.